The number of benzene rings is 4. The van der Waals surface area contributed by atoms with Crippen LogP contribution in [-0.2, 0) is 0 Å². The number of hydrogen-bond donors (Lipinski definition) is 3. The molecule has 2 aliphatic heterocycles. The Hall–Kier alpha value is -5.63. The van der Waals surface area contributed by atoms with Crippen LogP contribution in [0.25, 0.3) is 21.5 Å². The molecule has 6 aromatic rings. The molecule has 6 bridgehead atoms. The molecule has 2 aliphatic rings. The summed E-state index contributed by atoms with van der Waals surface area (Å²) in [6, 6.07) is 32.0. The Kier molecular flexibility index (Phi) is 8.20. The lowest BCUT2D eigenvalue weighted by atomic mass is 10.0. The van der Waals surface area contributed by atoms with Crippen LogP contribution in [0.15, 0.2) is 122 Å². The minimum atomic E-state index is -0.207. The van der Waals surface area contributed by atoms with Gasteiger partial charge in [0.05, 0.1) is 6.04 Å². The first-order valence-corrected chi connectivity index (χ1v) is 15.5. The number of aromatic amines is 2. The average Bonchev–Trinajstić information content (AvgIpc) is 3.74. The molecule has 224 valence electrons. The van der Waals surface area contributed by atoms with Crippen molar-refractivity contribution >= 4 is 50.7 Å². The molecular formula is C37H36N8. The normalized spacial score (nSPS) is 17.3. The van der Waals surface area contributed by atoms with Gasteiger partial charge in [0.1, 0.15) is 28.4 Å². The number of fused-ring (bicyclic) bond motifs is 15. The van der Waals surface area contributed by atoms with Crippen molar-refractivity contribution in [3.05, 3.63) is 130 Å². The fourth-order valence-corrected chi connectivity index (χ4v) is 5.67. The molecule has 0 saturated carbocycles. The molecule has 0 aliphatic carbocycles. The lowest BCUT2D eigenvalue weighted by molar-refractivity contribution is 0.778. The van der Waals surface area contributed by atoms with Crippen LogP contribution in [0, 0.1) is 0 Å². The number of hydrogen-bond acceptors (Lipinski definition) is 6. The molecule has 1 atom stereocenters. The summed E-state index contributed by atoms with van der Waals surface area (Å²) < 4.78 is 0. The van der Waals surface area contributed by atoms with Gasteiger partial charge in [-0.2, -0.15) is 0 Å². The summed E-state index contributed by atoms with van der Waals surface area (Å²) in [4.78, 5) is 31.8. The maximum absolute atomic E-state index is 6.70. The molecule has 0 fully saturated rings. The third-order valence-electron chi connectivity index (χ3n) is 7.65. The number of aromatic nitrogens is 2. The van der Waals surface area contributed by atoms with E-state index in [1.54, 1.807) is 0 Å². The number of amidine groups is 3. The SMILES string of the molecule is CC.CC.CC1N=c2[nH]c(c3ccccc23)=NC2=N/C(=N\c3[nH]c(c4ccccc34)/N=C(\N)c3ccccc31)c1ccccc12. The Morgan fingerprint density at radius 1 is 0.511 bits per heavy atom. The van der Waals surface area contributed by atoms with E-state index >= 15 is 0 Å². The van der Waals surface area contributed by atoms with Crippen molar-refractivity contribution in [2.45, 2.75) is 40.7 Å². The van der Waals surface area contributed by atoms with Gasteiger partial charge in [0, 0.05) is 38.2 Å². The van der Waals surface area contributed by atoms with Crippen LogP contribution in [0.3, 0.4) is 0 Å². The van der Waals surface area contributed by atoms with E-state index in [0.717, 1.165) is 49.3 Å². The third kappa shape index (κ3) is 5.25. The van der Waals surface area contributed by atoms with Crippen LogP contribution in [0.5, 0.6) is 0 Å². The number of nitrogens with two attached hydrogens (primary N) is 1. The predicted molar refractivity (Wildman–Crippen MR) is 186 cm³/mol. The molecule has 4 heterocycles. The summed E-state index contributed by atoms with van der Waals surface area (Å²) in [6.07, 6.45) is 0. The standard InChI is InChI=1S/C33H24N8.2C2H6/c1-18-19-10-2-3-11-20(19)27(34)36-29-22-13-5-7-15-24(22)31(38-29)40-33-26-17-9-8-16-25(26)32(41-33)39-30-23-14-6-4-12-21(23)28(35-18)37-30;2*1-2/h2-18,38H,1H3,(H2,34,36)(H,35,37,39,40,41);2*1-2H3. The van der Waals surface area contributed by atoms with Crippen LogP contribution in [-0.4, -0.2) is 27.5 Å². The van der Waals surface area contributed by atoms with Crippen molar-refractivity contribution < 1.29 is 0 Å². The molecule has 0 saturated heterocycles. The summed E-state index contributed by atoms with van der Waals surface area (Å²) in [5.74, 6) is 2.88. The van der Waals surface area contributed by atoms with Crippen molar-refractivity contribution in [1.82, 2.24) is 9.97 Å². The van der Waals surface area contributed by atoms with Crippen molar-refractivity contribution in [1.29, 1.82) is 0 Å². The van der Waals surface area contributed by atoms with Crippen molar-refractivity contribution in [2.75, 3.05) is 0 Å². The van der Waals surface area contributed by atoms with Gasteiger partial charge in [0.2, 0.25) is 0 Å². The molecular weight excluding hydrogens is 556 g/mol. The zero-order valence-electron chi connectivity index (χ0n) is 26.1. The highest BCUT2D eigenvalue weighted by Gasteiger charge is 2.23. The Bertz CT molecular complexity index is 2250. The van der Waals surface area contributed by atoms with Gasteiger partial charge in [-0.1, -0.05) is 125 Å². The van der Waals surface area contributed by atoms with Gasteiger partial charge in [-0.3, -0.25) is 4.99 Å². The average molecular weight is 593 g/mol. The van der Waals surface area contributed by atoms with Gasteiger partial charge in [-0.05, 0) is 12.5 Å². The molecule has 8 nitrogen and oxygen atoms in total. The Morgan fingerprint density at radius 3 is 1.64 bits per heavy atom. The van der Waals surface area contributed by atoms with Gasteiger partial charge in [0.15, 0.2) is 11.7 Å². The quantitative estimate of drug-likeness (QED) is 0.165. The number of nitrogens with one attached hydrogen (secondary N) is 2. The molecule has 4 N–H and O–H groups in total. The molecule has 45 heavy (non-hydrogen) atoms. The smallest absolute Gasteiger partial charge is 0.164 e. The minimum absolute atomic E-state index is 0.207. The number of aliphatic imine (C=N–C) groups is 3. The second-order valence-corrected chi connectivity index (χ2v) is 10.2. The van der Waals surface area contributed by atoms with E-state index in [1.165, 1.54) is 0 Å². The molecule has 1 unspecified atom stereocenters. The van der Waals surface area contributed by atoms with Crippen molar-refractivity contribution in [2.24, 2.45) is 30.7 Å². The van der Waals surface area contributed by atoms with Crippen molar-refractivity contribution in [3.8, 4) is 0 Å². The number of H-pyrrole nitrogens is 2. The molecule has 4 aromatic carbocycles. The predicted octanol–water partition coefficient (Wildman–Crippen LogP) is 7.59. The highest BCUT2D eigenvalue weighted by Crippen LogP contribution is 2.35. The number of rotatable bonds is 0. The summed E-state index contributed by atoms with van der Waals surface area (Å²) in [5, 5.41) is 3.82. The van der Waals surface area contributed by atoms with E-state index in [0.29, 0.717) is 34.6 Å². The van der Waals surface area contributed by atoms with Gasteiger partial charge in [-0.25, -0.2) is 20.0 Å². The first kappa shape index (κ1) is 29.4. The zero-order valence-corrected chi connectivity index (χ0v) is 26.1. The van der Waals surface area contributed by atoms with Crippen LogP contribution in [0.4, 0.5) is 11.6 Å². The maximum atomic E-state index is 6.70. The molecule has 2 aromatic heterocycles. The first-order valence-electron chi connectivity index (χ1n) is 15.5. The highest BCUT2D eigenvalue weighted by molar-refractivity contribution is 6.23. The van der Waals surface area contributed by atoms with Crippen LogP contribution in [0.1, 0.15) is 62.9 Å². The second-order valence-electron chi connectivity index (χ2n) is 10.2. The van der Waals surface area contributed by atoms with Crippen LogP contribution in [0.2, 0.25) is 0 Å². The molecule has 0 spiro atoms. The first-order chi connectivity index (χ1) is 22.1. The van der Waals surface area contributed by atoms with Gasteiger partial charge in [0.25, 0.3) is 0 Å². The van der Waals surface area contributed by atoms with E-state index in [9.17, 15) is 0 Å². The fourth-order valence-electron chi connectivity index (χ4n) is 5.67. The fraction of sp³-hybridized carbons (Fsp3) is 0.162. The lowest BCUT2D eigenvalue weighted by Gasteiger charge is -2.12. The summed E-state index contributed by atoms with van der Waals surface area (Å²) >= 11 is 0. The van der Waals surface area contributed by atoms with E-state index in [4.69, 9.17) is 30.7 Å². The van der Waals surface area contributed by atoms with E-state index in [1.807, 2.05) is 119 Å². The van der Waals surface area contributed by atoms with E-state index < -0.39 is 0 Å². The van der Waals surface area contributed by atoms with Crippen molar-refractivity contribution in [3.63, 3.8) is 0 Å². The maximum Gasteiger partial charge on any atom is 0.164 e. The summed E-state index contributed by atoms with van der Waals surface area (Å²) in [6.45, 7) is 10.1. The zero-order chi connectivity index (χ0) is 31.5. The molecule has 0 amide bonds. The van der Waals surface area contributed by atoms with Gasteiger partial charge < -0.3 is 15.7 Å². The monoisotopic (exact) mass is 592 g/mol. The second kappa shape index (κ2) is 12.5. The third-order valence-corrected chi connectivity index (χ3v) is 7.65. The molecule has 8 rings (SSSR count). The van der Waals surface area contributed by atoms with Gasteiger partial charge >= 0.3 is 0 Å². The Morgan fingerprint density at radius 2 is 1.00 bits per heavy atom. The van der Waals surface area contributed by atoms with Gasteiger partial charge in [-0.15, -0.1) is 0 Å². The summed E-state index contributed by atoms with van der Waals surface area (Å²) in [7, 11) is 0. The van der Waals surface area contributed by atoms with Crippen LogP contribution >= 0.6 is 0 Å². The number of nitrogens with zero attached hydrogens (tertiary/aromatic N) is 5. The molecule has 8 heteroatoms. The lowest BCUT2D eigenvalue weighted by Crippen LogP contribution is -2.17. The largest absolute Gasteiger partial charge is 0.383 e. The topological polar surface area (TPSA) is 119 Å². The van der Waals surface area contributed by atoms with E-state index in [2.05, 4.69) is 23.0 Å². The molecule has 0 radical (unpaired) electrons. The minimum Gasteiger partial charge on any atom is -0.383 e. The van der Waals surface area contributed by atoms with Crippen LogP contribution < -0.4 is 16.7 Å². The highest BCUT2D eigenvalue weighted by atomic mass is 15.1. The summed E-state index contributed by atoms with van der Waals surface area (Å²) in [5.41, 5.74) is 11.8. The van der Waals surface area contributed by atoms with E-state index in [-0.39, 0.29) is 6.04 Å². The Balaban J connectivity index is 0.000000860. The Labute approximate surface area is 261 Å².